The number of H-pyrrole nitrogens is 1. The van der Waals surface area contributed by atoms with Crippen molar-refractivity contribution < 1.29 is 0 Å². The minimum absolute atomic E-state index is 0.0159. The van der Waals surface area contributed by atoms with Crippen LogP contribution in [0.4, 0.5) is 0 Å². The average Bonchev–Trinajstić information content (AvgIpc) is 2.87. The second-order valence-corrected chi connectivity index (χ2v) is 6.72. The predicted molar refractivity (Wildman–Crippen MR) is 83.1 cm³/mol. The van der Waals surface area contributed by atoms with Crippen LogP contribution in [0.25, 0.3) is 0 Å². The predicted octanol–water partition coefficient (Wildman–Crippen LogP) is 2.82. The van der Waals surface area contributed by atoms with Crippen molar-refractivity contribution in [3.05, 3.63) is 50.7 Å². The van der Waals surface area contributed by atoms with Gasteiger partial charge in [-0.25, -0.2) is 4.98 Å². The lowest BCUT2D eigenvalue weighted by Crippen LogP contribution is -2.14. The molecule has 0 atom stereocenters. The van der Waals surface area contributed by atoms with E-state index >= 15 is 0 Å². The van der Waals surface area contributed by atoms with Crippen LogP contribution in [0.3, 0.4) is 0 Å². The first-order chi connectivity index (χ1) is 9.65. The molecule has 4 nitrogen and oxygen atoms in total. The second-order valence-electron chi connectivity index (χ2n) is 4.77. The van der Waals surface area contributed by atoms with Gasteiger partial charge in [0, 0.05) is 34.7 Å². The number of aromatic amines is 1. The number of thioether (sulfide) groups is 2. The second kappa shape index (κ2) is 5.61. The molecule has 0 spiro atoms. The molecule has 1 aliphatic rings. The highest BCUT2D eigenvalue weighted by atomic mass is 32.2. The fraction of sp³-hybridized carbons (Fsp3) is 0.357. The summed E-state index contributed by atoms with van der Waals surface area (Å²) in [6.07, 6.45) is 1.82. The maximum absolute atomic E-state index is 11.9. The van der Waals surface area contributed by atoms with E-state index in [1.807, 2.05) is 19.2 Å². The van der Waals surface area contributed by atoms with Crippen molar-refractivity contribution in [1.29, 1.82) is 0 Å². The van der Waals surface area contributed by atoms with Crippen molar-refractivity contribution in [2.75, 3.05) is 0 Å². The summed E-state index contributed by atoms with van der Waals surface area (Å²) >= 11 is 3.31. The number of fused-ring (bicyclic) bond motifs is 1. The molecule has 0 bridgehead atoms. The zero-order valence-corrected chi connectivity index (χ0v) is 13.0. The first-order valence-electron chi connectivity index (χ1n) is 6.39. The smallest absolute Gasteiger partial charge is 0.255 e. The summed E-state index contributed by atoms with van der Waals surface area (Å²) in [6.45, 7) is 4.10. The Labute approximate surface area is 125 Å². The minimum Gasteiger partial charge on any atom is -0.301 e. The summed E-state index contributed by atoms with van der Waals surface area (Å²) in [4.78, 5) is 23.7. The number of aromatic nitrogens is 3. The van der Waals surface area contributed by atoms with Crippen LogP contribution in [0, 0.1) is 13.8 Å². The van der Waals surface area contributed by atoms with Gasteiger partial charge in [0.25, 0.3) is 5.56 Å². The fourth-order valence-electron chi connectivity index (χ4n) is 2.19. The zero-order chi connectivity index (χ0) is 14.1. The zero-order valence-electron chi connectivity index (χ0n) is 11.4. The standard InChI is InChI=1S/C14H15N3OS2/c1-8-3-4-15-9(2)10(8)6-20-14-16-12-7-19-5-11(12)13(18)17-14/h3-4H,5-7H2,1-2H3,(H,16,17,18). The third-order valence-electron chi connectivity index (χ3n) is 3.42. The molecule has 2 aromatic heterocycles. The molecule has 0 radical (unpaired) electrons. The van der Waals surface area contributed by atoms with E-state index in [4.69, 9.17) is 0 Å². The van der Waals surface area contributed by atoms with Crippen LogP contribution in [0.1, 0.15) is 28.1 Å². The van der Waals surface area contributed by atoms with Crippen LogP contribution in [0.5, 0.6) is 0 Å². The van der Waals surface area contributed by atoms with Gasteiger partial charge in [0.05, 0.1) is 5.69 Å². The third-order valence-corrected chi connectivity index (χ3v) is 5.29. The number of hydrogen-bond acceptors (Lipinski definition) is 5. The molecular weight excluding hydrogens is 290 g/mol. The number of hydrogen-bond donors (Lipinski definition) is 1. The van der Waals surface area contributed by atoms with Crippen molar-refractivity contribution in [3.63, 3.8) is 0 Å². The Kier molecular flexibility index (Phi) is 3.85. The molecule has 3 heterocycles. The number of nitrogens with one attached hydrogen (secondary N) is 1. The Balaban J connectivity index is 1.83. The fourth-order valence-corrected chi connectivity index (χ4v) is 4.28. The van der Waals surface area contributed by atoms with Crippen molar-refractivity contribution in [3.8, 4) is 0 Å². The van der Waals surface area contributed by atoms with Gasteiger partial charge in [-0.3, -0.25) is 9.78 Å². The summed E-state index contributed by atoms with van der Waals surface area (Å²) in [7, 11) is 0. The molecule has 6 heteroatoms. The van der Waals surface area contributed by atoms with Gasteiger partial charge in [-0.2, -0.15) is 11.8 Å². The monoisotopic (exact) mass is 305 g/mol. The lowest BCUT2D eigenvalue weighted by Gasteiger charge is -2.08. The quantitative estimate of drug-likeness (QED) is 0.698. The molecule has 104 valence electrons. The van der Waals surface area contributed by atoms with Crippen LogP contribution in [-0.2, 0) is 17.3 Å². The molecule has 20 heavy (non-hydrogen) atoms. The van der Waals surface area contributed by atoms with Crippen LogP contribution in [0.15, 0.2) is 22.2 Å². The third kappa shape index (κ3) is 2.62. The Bertz CT molecular complexity index is 692. The minimum atomic E-state index is 0.0159. The van der Waals surface area contributed by atoms with Gasteiger partial charge in [-0.15, -0.1) is 0 Å². The normalized spacial score (nSPS) is 13.5. The van der Waals surface area contributed by atoms with E-state index in [0.717, 1.165) is 34.2 Å². The van der Waals surface area contributed by atoms with Crippen LogP contribution in [0.2, 0.25) is 0 Å². The van der Waals surface area contributed by atoms with Gasteiger partial charge < -0.3 is 4.98 Å². The van der Waals surface area contributed by atoms with Gasteiger partial charge in [-0.1, -0.05) is 11.8 Å². The molecule has 0 aromatic carbocycles. The Morgan fingerprint density at radius 1 is 1.40 bits per heavy atom. The van der Waals surface area contributed by atoms with Crippen molar-refractivity contribution in [1.82, 2.24) is 15.0 Å². The highest BCUT2D eigenvalue weighted by Gasteiger charge is 2.17. The van der Waals surface area contributed by atoms with E-state index in [9.17, 15) is 4.79 Å². The maximum atomic E-state index is 11.9. The molecule has 1 aliphatic heterocycles. The highest BCUT2D eigenvalue weighted by Crippen LogP contribution is 2.28. The first-order valence-corrected chi connectivity index (χ1v) is 8.53. The molecule has 2 aromatic rings. The van der Waals surface area contributed by atoms with Crippen molar-refractivity contribution in [2.45, 2.75) is 36.3 Å². The molecule has 1 N–H and O–H groups in total. The summed E-state index contributed by atoms with van der Waals surface area (Å²) in [6, 6.07) is 2.01. The summed E-state index contributed by atoms with van der Waals surface area (Å²) in [5, 5.41) is 0.707. The molecule has 3 rings (SSSR count). The lowest BCUT2D eigenvalue weighted by atomic mass is 10.1. The molecule has 0 saturated carbocycles. The van der Waals surface area contributed by atoms with Gasteiger partial charge in [-0.05, 0) is 31.0 Å². The van der Waals surface area contributed by atoms with Gasteiger partial charge >= 0.3 is 0 Å². The number of aryl methyl sites for hydroxylation is 2. The van der Waals surface area contributed by atoms with E-state index in [1.165, 1.54) is 11.1 Å². The molecule has 0 aliphatic carbocycles. The van der Waals surface area contributed by atoms with E-state index in [-0.39, 0.29) is 5.56 Å². The Morgan fingerprint density at radius 2 is 2.25 bits per heavy atom. The highest BCUT2D eigenvalue weighted by molar-refractivity contribution is 7.98. The van der Waals surface area contributed by atoms with Crippen LogP contribution < -0.4 is 5.56 Å². The van der Waals surface area contributed by atoms with E-state index in [0.29, 0.717) is 5.16 Å². The largest absolute Gasteiger partial charge is 0.301 e. The SMILES string of the molecule is Cc1ccnc(C)c1CSc1nc2c(c(=O)[nH]1)CSC2. The Hall–Kier alpha value is -1.27. The van der Waals surface area contributed by atoms with Gasteiger partial charge in [0.15, 0.2) is 5.16 Å². The molecule has 0 fully saturated rings. The van der Waals surface area contributed by atoms with Gasteiger partial charge in [0.1, 0.15) is 0 Å². The molecular formula is C14H15N3OS2. The average molecular weight is 305 g/mol. The summed E-state index contributed by atoms with van der Waals surface area (Å²) in [5.74, 6) is 2.40. The van der Waals surface area contributed by atoms with Gasteiger partial charge in [0.2, 0.25) is 0 Å². The topological polar surface area (TPSA) is 58.6 Å². The van der Waals surface area contributed by atoms with Crippen LogP contribution in [-0.4, -0.2) is 15.0 Å². The summed E-state index contributed by atoms with van der Waals surface area (Å²) < 4.78 is 0. The lowest BCUT2D eigenvalue weighted by molar-refractivity contribution is 0.884. The van der Waals surface area contributed by atoms with E-state index in [1.54, 1.807) is 23.5 Å². The number of rotatable bonds is 3. The molecule has 0 unspecified atom stereocenters. The van der Waals surface area contributed by atoms with Crippen LogP contribution >= 0.6 is 23.5 Å². The Morgan fingerprint density at radius 3 is 3.05 bits per heavy atom. The number of pyridine rings is 1. The molecule has 0 saturated heterocycles. The number of nitrogens with zero attached hydrogens (tertiary/aromatic N) is 2. The summed E-state index contributed by atoms with van der Waals surface area (Å²) in [5.41, 5.74) is 5.28. The van der Waals surface area contributed by atoms with Crippen molar-refractivity contribution in [2.24, 2.45) is 0 Å². The first kappa shape index (κ1) is 13.7. The van der Waals surface area contributed by atoms with Crippen molar-refractivity contribution >= 4 is 23.5 Å². The molecule has 0 amide bonds. The van der Waals surface area contributed by atoms with E-state index < -0.39 is 0 Å². The maximum Gasteiger partial charge on any atom is 0.255 e. The van der Waals surface area contributed by atoms with E-state index in [2.05, 4.69) is 21.9 Å².